The maximum Gasteiger partial charge on any atom is 0.416 e. The zero-order chi connectivity index (χ0) is 17.2. The van der Waals surface area contributed by atoms with Crippen LogP contribution in [-0.2, 0) is 12.7 Å². The summed E-state index contributed by atoms with van der Waals surface area (Å²) >= 11 is 1.89. The highest BCUT2D eigenvalue weighted by molar-refractivity contribution is 7.99. The fraction of sp³-hybridized carbons (Fsp3) is 0.533. The second-order valence-electron chi connectivity index (χ2n) is 5.76. The van der Waals surface area contributed by atoms with E-state index in [9.17, 15) is 13.2 Å². The lowest BCUT2D eigenvalue weighted by molar-refractivity contribution is -0.137. The Morgan fingerprint density at radius 3 is 2.42 bits per heavy atom. The van der Waals surface area contributed by atoms with Crippen LogP contribution in [-0.4, -0.2) is 49.7 Å². The van der Waals surface area contributed by atoms with Crippen molar-refractivity contribution in [2.75, 3.05) is 19.3 Å². The van der Waals surface area contributed by atoms with E-state index in [0.29, 0.717) is 23.3 Å². The molecule has 0 radical (unpaired) electrons. The van der Waals surface area contributed by atoms with Gasteiger partial charge in [-0.2, -0.15) is 29.6 Å². The van der Waals surface area contributed by atoms with Crippen molar-refractivity contribution < 1.29 is 13.2 Å². The van der Waals surface area contributed by atoms with E-state index in [1.165, 1.54) is 16.8 Å². The van der Waals surface area contributed by atoms with Crippen LogP contribution in [0.4, 0.5) is 13.2 Å². The van der Waals surface area contributed by atoms with E-state index >= 15 is 0 Å². The van der Waals surface area contributed by atoms with E-state index in [2.05, 4.69) is 26.7 Å². The van der Waals surface area contributed by atoms with Crippen LogP contribution in [0.2, 0.25) is 0 Å². The van der Waals surface area contributed by atoms with E-state index in [4.69, 9.17) is 0 Å². The van der Waals surface area contributed by atoms with Gasteiger partial charge in [-0.05, 0) is 66.9 Å². The number of halogens is 3. The Labute approximate surface area is 142 Å². The highest BCUT2D eigenvalue weighted by atomic mass is 32.2. The van der Waals surface area contributed by atoms with Crippen LogP contribution in [0.15, 0.2) is 24.3 Å². The van der Waals surface area contributed by atoms with E-state index in [1.54, 1.807) is 0 Å². The van der Waals surface area contributed by atoms with E-state index in [1.807, 2.05) is 11.8 Å². The fourth-order valence-corrected chi connectivity index (χ4v) is 3.48. The summed E-state index contributed by atoms with van der Waals surface area (Å²) in [5, 5.41) is 12.3. The first-order valence-electron chi connectivity index (χ1n) is 7.67. The Kier molecular flexibility index (Phi) is 5.09. The van der Waals surface area contributed by atoms with Gasteiger partial charge in [0.15, 0.2) is 5.82 Å². The number of benzene rings is 1. The fourth-order valence-electron chi connectivity index (χ4n) is 2.80. The van der Waals surface area contributed by atoms with Crippen LogP contribution >= 0.6 is 11.8 Å². The van der Waals surface area contributed by atoms with Gasteiger partial charge in [0.1, 0.15) is 0 Å². The lowest BCUT2D eigenvalue weighted by Gasteiger charge is -2.30. The average Bonchev–Trinajstić information content (AvgIpc) is 3.03. The molecule has 130 valence electrons. The van der Waals surface area contributed by atoms with Gasteiger partial charge < -0.3 is 0 Å². The summed E-state index contributed by atoms with van der Waals surface area (Å²) in [6, 6.07) is 4.88. The third-order valence-corrected chi connectivity index (χ3v) is 5.34. The largest absolute Gasteiger partial charge is 0.416 e. The highest BCUT2D eigenvalue weighted by Crippen LogP contribution is 2.29. The van der Waals surface area contributed by atoms with Gasteiger partial charge in [-0.15, -0.1) is 5.10 Å². The first-order chi connectivity index (χ1) is 11.5. The van der Waals surface area contributed by atoms with Crippen LogP contribution < -0.4 is 0 Å². The van der Waals surface area contributed by atoms with E-state index < -0.39 is 11.7 Å². The molecule has 3 rings (SSSR count). The SMILES string of the molecule is CSC1CCN(Cc2nnnn2-c2ccc(C(F)(F)F)cc2)CC1. The van der Waals surface area contributed by atoms with Crippen molar-refractivity contribution in [1.82, 2.24) is 25.1 Å². The summed E-state index contributed by atoms with van der Waals surface area (Å²) in [6.45, 7) is 2.55. The van der Waals surface area contributed by atoms with Gasteiger partial charge >= 0.3 is 6.18 Å². The quantitative estimate of drug-likeness (QED) is 0.842. The van der Waals surface area contributed by atoms with Crippen molar-refractivity contribution in [2.45, 2.75) is 30.8 Å². The predicted octanol–water partition coefficient (Wildman–Crippen LogP) is 3.01. The Bertz CT molecular complexity index is 662. The zero-order valence-electron chi connectivity index (χ0n) is 13.2. The maximum atomic E-state index is 12.7. The summed E-state index contributed by atoms with van der Waals surface area (Å²) in [5.41, 5.74) is -0.151. The number of hydrogen-bond acceptors (Lipinski definition) is 5. The maximum absolute atomic E-state index is 12.7. The number of tetrazole rings is 1. The number of piperidine rings is 1. The molecule has 5 nitrogen and oxygen atoms in total. The lowest BCUT2D eigenvalue weighted by atomic mass is 10.1. The van der Waals surface area contributed by atoms with Crippen LogP contribution in [0.5, 0.6) is 0 Å². The molecule has 1 aromatic carbocycles. The molecule has 0 bridgehead atoms. The van der Waals surface area contributed by atoms with Gasteiger partial charge in [0.05, 0.1) is 17.8 Å². The number of aromatic nitrogens is 4. The first kappa shape index (κ1) is 17.2. The second-order valence-corrected chi connectivity index (χ2v) is 6.90. The molecule has 2 aromatic rings. The summed E-state index contributed by atoms with van der Waals surface area (Å²) < 4.78 is 39.5. The van der Waals surface area contributed by atoms with Crippen molar-refractivity contribution in [3.63, 3.8) is 0 Å². The van der Waals surface area contributed by atoms with E-state index in [0.717, 1.165) is 38.1 Å². The van der Waals surface area contributed by atoms with E-state index in [-0.39, 0.29) is 0 Å². The van der Waals surface area contributed by atoms with Crippen molar-refractivity contribution in [2.24, 2.45) is 0 Å². The molecule has 1 aromatic heterocycles. The Balaban J connectivity index is 1.71. The minimum atomic E-state index is -4.34. The van der Waals surface area contributed by atoms with Gasteiger partial charge in [-0.1, -0.05) is 0 Å². The average molecular weight is 357 g/mol. The lowest BCUT2D eigenvalue weighted by Crippen LogP contribution is -2.35. The van der Waals surface area contributed by atoms with Gasteiger partial charge in [-0.25, -0.2) is 0 Å². The summed E-state index contributed by atoms with van der Waals surface area (Å²) in [4.78, 5) is 2.28. The minimum Gasteiger partial charge on any atom is -0.296 e. The van der Waals surface area contributed by atoms with Gasteiger partial charge in [0.25, 0.3) is 0 Å². The zero-order valence-corrected chi connectivity index (χ0v) is 14.0. The molecule has 2 heterocycles. The molecule has 0 unspecified atom stereocenters. The third kappa shape index (κ3) is 3.89. The molecular formula is C15H18F3N5S. The second kappa shape index (κ2) is 7.10. The number of alkyl halides is 3. The normalized spacial score (nSPS) is 17.3. The van der Waals surface area contributed by atoms with Crippen LogP contribution in [0.25, 0.3) is 5.69 Å². The molecule has 1 aliphatic rings. The number of nitrogens with zero attached hydrogens (tertiary/aromatic N) is 5. The summed E-state index contributed by atoms with van der Waals surface area (Å²) in [5.74, 6) is 0.636. The summed E-state index contributed by atoms with van der Waals surface area (Å²) in [7, 11) is 0. The monoisotopic (exact) mass is 357 g/mol. The molecule has 1 fully saturated rings. The summed E-state index contributed by atoms with van der Waals surface area (Å²) in [6.07, 6.45) is 0.0428. The number of hydrogen-bond donors (Lipinski definition) is 0. The highest BCUT2D eigenvalue weighted by Gasteiger charge is 2.30. The van der Waals surface area contributed by atoms with Crippen molar-refractivity contribution in [3.8, 4) is 5.69 Å². The Hall–Kier alpha value is -1.61. The number of thioether (sulfide) groups is 1. The predicted molar refractivity (Wildman–Crippen MR) is 86.0 cm³/mol. The molecule has 0 aliphatic carbocycles. The van der Waals surface area contributed by atoms with Gasteiger partial charge in [0.2, 0.25) is 0 Å². The molecule has 24 heavy (non-hydrogen) atoms. The molecular weight excluding hydrogens is 339 g/mol. The smallest absolute Gasteiger partial charge is 0.296 e. The van der Waals surface area contributed by atoms with Gasteiger partial charge in [-0.3, -0.25) is 4.90 Å². The minimum absolute atomic E-state index is 0.530. The molecule has 1 saturated heterocycles. The van der Waals surface area contributed by atoms with Crippen LogP contribution in [0.3, 0.4) is 0 Å². The van der Waals surface area contributed by atoms with Crippen molar-refractivity contribution in [1.29, 1.82) is 0 Å². The Morgan fingerprint density at radius 1 is 1.17 bits per heavy atom. The topological polar surface area (TPSA) is 46.8 Å². The van der Waals surface area contributed by atoms with Gasteiger partial charge in [0, 0.05) is 5.25 Å². The van der Waals surface area contributed by atoms with Crippen LogP contribution in [0.1, 0.15) is 24.2 Å². The molecule has 0 N–H and O–H groups in total. The molecule has 1 aliphatic heterocycles. The molecule has 0 spiro atoms. The molecule has 0 atom stereocenters. The first-order valence-corrected chi connectivity index (χ1v) is 8.96. The number of rotatable bonds is 4. The Morgan fingerprint density at radius 2 is 1.83 bits per heavy atom. The standard InChI is InChI=1S/C15H18F3N5S/c1-24-13-6-8-22(9-7-13)10-14-19-20-21-23(14)12-4-2-11(3-5-12)15(16,17)18/h2-5,13H,6-10H2,1H3. The molecule has 9 heteroatoms. The van der Waals surface area contributed by atoms with Crippen molar-refractivity contribution >= 4 is 11.8 Å². The third-order valence-electron chi connectivity index (χ3n) is 4.21. The van der Waals surface area contributed by atoms with Crippen molar-refractivity contribution in [3.05, 3.63) is 35.7 Å². The molecule has 0 saturated carbocycles. The number of likely N-dealkylation sites (tertiary alicyclic amines) is 1. The van der Waals surface area contributed by atoms with Crippen LogP contribution in [0, 0.1) is 0 Å². The molecule has 0 amide bonds.